The molecule has 3 heterocycles. The highest BCUT2D eigenvalue weighted by Gasteiger charge is 2.37. The molecule has 0 saturated carbocycles. The van der Waals surface area contributed by atoms with Crippen LogP contribution in [-0.2, 0) is 11.3 Å². The van der Waals surface area contributed by atoms with Crippen molar-refractivity contribution >= 4 is 44.4 Å². The number of hydrogen-bond donors (Lipinski definition) is 0. The van der Waals surface area contributed by atoms with E-state index in [0.717, 1.165) is 15.2 Å². The van der Waals surface area contributed by atoms with Crippen molar-refractivity contribution in [2.24, 2.45) is 0 Å². The lowest BCUT2D eigenvalue weighted by Crippen LogP contribution is -2.42. The first-order chi connectivity index (χ1) is 16.6. The van der Waals surface area contributed by atoms with Crippen LogP contribution < -0.4 is 9.64 Å². The van der Waals surface area contributed by atoms with E-state index >= 15 is 0 Å². The van der Waals surface area contributed by atoms with Gasteiger partial charge in [0.05, 0.1) is 29.0 Å². The van der Waals surface area contributed by atoms with Crippen LogP contribution in [0.3, 0.4) is 0 Å². The maximum absolute atomic E-state index is 13.5. The predicted molar refractivity (Wildman–Crippen MR) is 128 cm³/mol. The van der Waals surface area contributed by atoms with E-state index in [4.69, 9.17) is 9.72 Å². The summed E-state index contributed by atoms with van der Waals surface area (Å²) in [5, 5.41) is 0.451. The summed E-state index contributed by atoms with van der Waals surface area (Å²) in [7, 11) is 0. The molecule has 0 N–H and O–H groups in total. The average molecular weight is 473 g/mol. The first kappa shape index (κ1) is 21.7. The fourth-order valence-corrected chi connectivity index (χ4v) is 4.84. The van der Waals surface area contributed by atoms with Gasteiger partial charge in [-0.15, -0.1) is 0 Å². The van der Waals surface area contributed by atoms with Gasteiger partial charge in [-0.3, -0.25) is 29.2 Å². The third-order valence-corrected chi connectivity index (χ3v) is 6.48. The molecule has 0 saturated heterocycles. The summed E-state index contributed by atoms with van der Waals surface area (Å²) in [5.74, 6) is -0.733. The zero-order valence-electron chi connectivity index (χ0n) is 18.3. The number of ether oxygens (including phenoxy) is 1. The minimum absolute atomic E-state index is 0.194. The summed E-state index contributed by atoms with van der Waals surface area (Å²) < 4.78 is 6.56. The van der Waals surface area contributed by atoms with E-state index in [0.29, 0.717) is 34.1 Å². The minimum Gasteiger partial charge on any atom is -0.492 e. The van der Waals surface area contributed by atoms with Gasteiger partial charge in [-0.05, 0) is 42.8 Å². The van der Waals surface area contributed by atoms with Gasteiger partial charge >= 0.3 is 0 Å². The lowest BCUT2D eigenvalue weighted by molar-refractivity contribution is -0.119. The number of aromatic nitrogens is 2. The van der Waals surface area contributed by atoms with Gasteiger partial charge < -0.3 is 4.74 Å². The van der Waals surface area contributed by atoms with E-state index in [-0.39, 0.29) is 13.1 Å². The van der Waals surface area contributed by atoms with Crippen molar-refractivity contribution in [3.05, 3.63) is 83.7 Å². The normalized spacial score (nSPS) is 12.8. The Morgan fingerprint density at radius 2 is 1.79 bits per heavy atom. The number of carbonyl (C=O) groups excluding carboxylic acids is 3. The summed E-state index contributed by atoms with van der Waals surface area (Å²) in [6.45, 7) is 2.19. The molecule has 2 aromatic carbocycles. The molecule has 2 aromatic heterocycles. The SMILES string of the molecule is CCOc1cccc2sc(N(Cc3cccnc3)C(=O)CN3C(=O)c4ccccc4C3=O)nc12. The number of amides is 3. The third-order valence-electron chi connectivity index (χ3n) is 5.44. The first-order valence-corrected chi connectivity index (χ1v) is 11.6. The molecular weight excluding hydrogens is 452 g/mol. The quantitative estimate of drug-likeness (QED) is 0.379. The molecule has 34 heavy (non-hydrogen) atoms. The summed E-state index contributed by atoms with van der Waals surface area (Å²) in [4.78, 5) is 50.5. The Hall–Kier alpha value is -4.11. The molecule has 1 aliphatic heterocycles. The van der Waals surface area contributed by atoms with Crippen LogP contribution in [0.1, 0.15) is 33.2 Å². The molecule has 0 spiro atoms. The van der Waals surface area contributed by atoms with Gasteiger partial charge in [0.1, 0.15) is 17.8 Å². The highest BCUT2D eigenvalue weighted by atomic mass is 32.1. The van der Waals surface area contributed by atoms with Gasteiger partial charge in [0.2, 0.25) is 5.91 Å². The van der Waals surface area contributed by atoms with Crippen molar-refractivity contribution in [3.63, 3.8) is 0 Å². The van der Waals surface area contributed by atoms with Crippen LogP contribution in [0.5, 0.6) is 5.75 Å². The minimum atomic E-state index is -0.474. The number of fused-ring (bicyclic) bond motifs is 2. The fraction of sp³-hybridized carbons (Fsp3) is 0.160. The van der Waals surface area contributed by atoms with Gasteiger partial charge in [0.25, 0.3) is 11.8 Å². The Balaban J connectivity index is 1.49. The van der Waals surface area contributed by atoms with Crippen molar-refractivity contribution in [1.29, 1.82) is 0 Å². The van der Waals surface area contributed by atoms with Gasteiger partial charge in [0, 0.05) is 12.4 Å². The number of anilines is 1. The molecule has 170 valence electrons. The van der Waals surface area contributed by atoms with Crippen LogP contribution in [0.2, 0.25) is 0 Å². The molecule has 0 bridgehead atoms. The molecule has 0 aliphatic carbocycles. The Bertz CT molecular complexity index is 1370. The maximum Gasteiger partial charge on any atom is 0.262 e. The van der Waals surface area contributed by atoms with Crippen molar-refractivity contribution in [2.75, 3.05) is 18.1 Å². The lowest BCUT2D eigenvalue weighted by atomic mass is 10.1. The van der Waals surface area contributed by atoms with Crippen LogP contribution in [0.25, 0.3) is 10.2 Å². The topological polar surface area (TPSA) is 92.7 Å². The summed E-state index contributed by atoms with van der Waals surface area (Å²) >= 11 is 1.35. The summed E-state index contributed by atoms with van der Waals surface area (Å²) in [6.07, 6.45) is 3.32. The van der Waals surface area contributed by atoms with E-state index in [1.807, 2.05) is 31.2 Å². The summed E-state index contributed by atoms with van der Waals surface area (Å²) in [5.41, 5.74) is 2.07. The van der Waals surface area contributed by atoms with Crippen LogP contribution in [-0.4, -0.2) is 45.7 Å². The second-order valence-electron chi connectivity index (χ2n) is 7.62. The summed E-state index contributed by atoms with van der Waals surface area (Å²) in [6, 6.07) is 15.8. The lowest BCUT2D eigenvalue weighted by Gasteiger charge is -2.22. The Morgan fingerprint density at radius 3 is 2.47 bits per heavy atom. The van der Waals surface area contributed by atoms with Crippen molar-refractivity contribution in [3.8, 4) is 5.75 Å². The number of rotatable bonds is 7. The van der Waals surface area contributed by atoms with Gasteiger partial charge in [-0.2, -0.15) is 0 Å². The monoisotopic (exact) mass is 472 g/mol. The number of carbonyl (C=O) groups is 3. The number of imide groups is 1. The molecule has 0 radical (unpaired) electrons. The first-order valence-electron chi connectivity index (χ1n) is 10.7. The average Bonchev–Trinajstić information content (AvgIpc) is 3.39. The highest BCUT2D eigenvalue weighted by molar-refractivity contribution is 7.22. The number of hydrogen-bond acceptors (Lipinski definition) is 7. The molecular formula is C25H20N4O4S. The number of para-hydroxylation sites is 1. The molecule has 0 unspecified atom stereocenters. The number of benzene rings is 2. The Kier molecular flexibility index (Phi) is 5.77. The largest absolute Gasteiger partial charge is 0.492 e. The van der Waals surface area contributed by atoms with Crippen LogP contribution in [0.4, 0.5) is 5.13 Å². The van der Waals surface area contributed by atoms with Gasteiger partial charge in [-0.25, -0.2) is 4.98 Å². The van der Waals surface area contributed by atoms with Gasteiger partial charge in [0.15, 0.2) is 5.13 Å². The molecule has 4 aromatic rings. The van der Waals surface area contributed by atoms with Crippen LogP contribution in [0, 0.1) is 0 Å². The van der Waals surface area contributed by atoms with Crippen LogP contribution >= 0.6 is 11.3 Å². The zero-order chi connectivity index (χ0) is 23.7. The van der Waals surface area contributed by atoms with Crippen molar-refractivity contribution in [1.82, 2.24) is 14.9 Å². The fourth-order valence-electron chi connectivity index (χ4n) is 3.84. The van der Waals surface area contributed by atoms with E-state index in [1.54, 1.807) is 42.7 Å². The molecule has 0 fully saturated rings. The van der Waals surface area contributed by atoms with E-state index in [2.05, 4.69) is 4.98 Å². The Labute approximate surface area is 199 Å². The molecule has 0 atom stereocenters. The smallest absolute Gasteiger partial charge is 0.262 e. The molecule has 8 nitrogen and oxygen atoms in total. The number of nitrogens with zero attached hydrogens (tertiary/aromatic N) is 4. The second-order valence-corrected chi connectivity index (χ2v) is 8.62. The van der Waals surface area contributed by atoms with Crippen LogP contribution in [0.15, 0.2) is 67.0 Å². The molecule has 1 aliphatic rings. The molecule has 9 heteroatoms. The van der Waals surface area contributed by atoms with Crippen molar-refractivity contribution < 1.29 is 19.1 Å². The Morgan fingerprint density at radius 1 is 1.03 bits per heavy atom. The van der Waals surface area contributed by atoms with E-state index in [9.17, 15) is 14.4 Å². The van der Waals surface area contributed by atoms with Gasteiger partial charge in [-0.1, -0.05) is 35.6 Å². The third kappa shape index (κ3) is 3.90. The predicted octanol–water partition coefficient (Wildman–Crippen LogP) is 3.92. The van der Waals surface area contributed by atoms with E-state index in [1.165, 1.54) is 16.2 Å². The number of pyridine rings is 1. The highest BCUT2D eigenvalue weighted by Crippen LogP contribution is 2.35. The molecule has 3 amide bonds. The standard InChI is InChI=1S/C25H20N4O4S/c1-2-33-19-10-5-11-20-22(19)27-25(34-20)28(14-16-7-6-12-26-13-16)21(30)15-29-23(31)17-8-3-4-9-18(17)24(29)32/h3-13H,2,14-15H2,1H3. The zero-order valence-corrected chi connectivity index (χ0v) is 19.1. The number of thiazole rings is 1. The van der Waals surface area contributed by atoms with Crippen molar-refractivity contribution in [2.45, 2.75) is 13.5 Å². The maximum atomic E-state index is 13.5. The van der Waals surface area contributed by atoms with E-state index < -0.39 is 17.7 Å². The molecule has 5 rings (SSSR count). The second kappa shape index (κ2) is 9.03.